The number of H-pyrrole nitrogens is 1. The number of para-hydroxylation sites is 1. The maximum Gasteiger partial charge on any atom is 0.293 e. The zero-order valence-corrected chi connectivity index (χ0v) is 14.5. The number of anilines is 1. The van der Waals surface area contributed by atoms with E-state index in [1.165, 1.54) is 6.07 Å². The summed E-state index contributed by atoms with van der Waals surface area (Å²) >= 11 is 0. The molecular weight excluding hydrogens is 334 g/mol. The minimum atomic E-state index is -0.509. The average Bonchev–Trinajstić information content (AvgIpc) is 2.66. The number of hydrogen-bond acceptors (Lipinski definition) is 5. The highest BCUT2D eigenvalue weighted by atomic mass is 16.6. The fourth-order valence-corrected chi connectivity index (χ4v) is 3.09. The molecule has 26 heavy (non-hydrogen) atoms. The summed E-state index contributed by atoms with van der Waals surface area (Å²) in [6, 6.07) is 11.5. The number of pyridine rings is 1. The van der Waals surface area contributed by atoms with Crippen LogP contribution in [0.1, 0.15) is 13.8 Å². The number of aromatic amines is 1. The Morgan fingerprint density at radius 2 is 1.85 bits per heavy atom. The van der Waals surface area contributed by atoms with Gasteiger partial charge in [0.05, 0.1) is 10.6 Å². The number of benzene rings is 2. The van der Waals surface area contributed by atoms with Crippen LogP contribution in [-0.4, -0.2) is 28.1 Å². The largest absolute Gasteiger partial charge is 0.503 e. The van der Waals surface area contributed by atoms with E-state index in [-0.39, 0.29) is 11.4 Å². The first-order valence-corrected chi connectivity index (χ1v) is 8.35. The number of nitrogens with zero attached hydrogens (tertiary/aromatic N) is 2. The van der Waals surface area contributed by atoms with Crippen molar-refractivity contribution in [3.05, 3.63) is 62.8 Å². The van der Waals surface area contributed by atoms with Crippen LogP contribution < -0.4 is 10.3 Å². The molecular formula is C19H19N3O4. The van der Waals surface area contributed by atoms with Gasteiger partial charge in [0, 0.05) is 35.6 Å². The monoisotopic (exact) mass is 353 g/mol. The third kappa shape index (κ3) is 2.88. The SMILES string of the molecule is CCN(CC)c1ccc(-c2[nH]c3ccccc3c(=O)c2O)cc1[N+](=O)[O-]. The number of nitro groups is 1. The molecule has 0 amide bonds. The standard InChI is InChI=1S/C19H19N3O4/c1-3-21(4-2)15-10-9-12(11-16(15)22(25)26)17-19(24)18(23)13-7-5-6-8-14(13)20-17/h5-11,24H,3-4H2,1-2H3,(H,20,23). The van der Waals surface area contributed by atoms with E-state index in [9.17, 15) is 20.0 Å². The zero-order chi connectivity index (χ0) is 18.8. The molecule has 0 saturated heterocycles. The number of fused-ring (bicyclic) bond motifs is 1. The normalized spacial score (nSPS) is 10.8. The second-order valence-electron chi connectivity index (χ2n) is 5.86. The van der Waals surface area contributed by atoms with Crippen molar-refractivity contribution in [1.29, 1.82) is 0 Å². The maximum absolute atomic E-state index is 12.4. The quantitative estimate of drug-likeness (QED) is 0.539. The first-order valence-electron chi connectivity index (χ1n) is 8.35. The van der Waals surface area contributed by atoms with E-state index in [0.717, 1.165) is 0 Å². The molecule has 3 aromatic rings. The van der Waals surface area contributed by atoms with Crippen LogP contribution in [0, 0.1) is 10.1 Å². The van der Waals surface area contributed by atoms with Crippen LogP contribution in [-0.2, 0) is 0 Å². The first-order chi connectivity index (χ1) is 12.5. The van der Waals surface area contributed by atoms with Crippen molar-refractivity contribution in [2.45, 2.75) is 13.8 Å². The van der Waals surface area contributed by atoms with E-state index >= 15 is 0 Å². The maximum atomic E-state index is 12.4. The number of aromatic hydroxyl groups is 1. The lowest BCUT2D eigenvalue weighted by molar-refractivity contribution is -0.384. The third-order valence-electron chi connectivity index (χ3n) is 4.45. The van der Waals surface area contributed by atoms with Gasteiger partial charge in [-0.25, -0.2) is 0 Å². The third-order valence-corrected chi connectivity index (χ3v) is 4.45. The minimum absolute atomic E-state index is 0.0698. The van der Waals surface area contributed by atoms with Crippen LogP contribution in [0.5, 0.6) is 5.75 Å². The Kier molecular flexibility index (Phi) is 4.62. The topological polar surface area (TPSA) is 99.5 Å². The summed E-state index contributed by atoms with van der Waals surface area (Å²) in [6.45, 7) is 5.12. The molecule has 1 heterocycles. The molecule has 0 bridgehead atoms. The fourth-order valence-electron chi connectivity index (χ4n) is 3.09. The summed E-state index contributed by atoms with van der Waals surface area (Å²) in [7, 11) is 0. The molecule has 0 aliphatic carbocycles. The van der Waals surface area contributed by atoms with Gasteiger partial charge in [0.15, 0.2) is 5.75 Å². The molecule has 3 rings (SSSR count). The van der Waals surface area contributed by atoms with Gasteiger partial charge in [0.2, 0.25) is 5.43 Å². The van der Waals surface area contributed by atoms with Crippen LogP contribution in [0.25, 0.3) is 22.2 Å². The molecule has 0 saturated carbocycles. The molecule has 0 aliphatic heterocycles. The van der Waals surface area contributed by atoms with Gasteiger partial charge < -0.3 is 15.0 Å². The molecule has 7 nitrogen and oxygen atoms in total. The van der Waals surface area contributed by atoms with E-state index in [1.807, 2.05) is 18.7 Å². The van der Waals surface area contributed by atoms with Gasteiger partial charge in [0.1, 0.15) is 5.69 Å². The highest BCUT2D eigenvalue weighted by molar-refractivity contribution is 5.85. The lowest BCUT2D eigenvalue weighted by Gasteiger charge is -2.21. The van der Waals surface area contributed by atoms with E-state index in [4.69, 9.17) is 0 Å². The van der Waals surface area contributed by atoms with Crippen molar-refractivity contribution in [1.82, 2.24) is 4.98 Å². The van der Waals surface area contributed by atoms with Gasteiger partial charge in [-0.3, -0.25) is 14.9 Å². The van der Waals surface area contributed by atoms with E-state index in [1.54, 1.807) is 36.4 Å². The lowest BCUT2D eigenvalue weighted by atomic mass is 10.1. The van der Waals surface area contributed by atoms with E-state index in [0.29, 0.717) is 35.2 Å². The predicted octanol–water partition coefficient (Wildman–Crippen LogP) is 3.66. The number of rotatable bonds is 5. The molecule has 1 aromatic heterocycles. The fraction of sp³-hybridized carbons (Fsp3) is 0.211. The summed E-state index contributed by atoms with van der Waals surface area (Å²) in [4.78, 5) is 28.4. The molecule has 0 fully saturated rings. The molecule has 0 unspecified atom stereocenters. The van der Waals surface area contributed by atoms with Crippen LogP contribution >= 0.6 is 0 Å². The van der Waals surface area contributed by atoms with Crippen molar-refractivity contribution in [2.24, 2.45) is 0 Å². The summed E-state index contributed by atoms with van der Waals surface area (Å²) in [5.74, 6) is -0.450. The second kappa shape index (κ2) is 6.87. The van der Waals surface area contributed by atoms with Crippen LogP contribution in [0.2, 0.25) is 0 Å². The number of nitrogens with one attached hydrogen (secondary N) is 1. The van der Waals surface area contributed by atoms with Crippen LogP contribution in [0.3, 0.4) is 0 Å². The van der Waals surface area contributed by atoms with Gasteiger partial charge in [-0.1, -0.05) is 18.2 Å². The Hall–Kier alpha value is -3.35. The number of aromatic nitrogens is 1. The smallest absolute Gasteiger partial charge is 0.293 e. The summed E-state index contributed by atoms with van der Waals surface area (Å²) < 4.78 is 0. The van der Waals surface area contributed by atoms with E-state index < -0.39 is 16.1 Å². The molecule has 2 aromatic carbocycles. The lowest BCUT2D eigenvalue weighted by Crippen LogP contribution is -2.22. The van der Waals surface area contributed by atoms with Gasteiger partial charge in [-0.2, -0.15) is 0 Å². The van der Waals surface area contributed by atoms with Crippen molar-refractivity contribution in [3.63, 3.8) is 0 Å². The molecule has 134 valence electrons. The zero-order valence-electron chi connectivity index (χ0n) is 14.5. The highest BCUT2D eigenvalue weighted by Gasteiger charge is 2.21. The second-order valence-corrected chi connectivity index (χ2v) is 5.86. The van der Waals surface area contributed by atoms with E-state index in [2.05, 4.69) is 4.98 Å². The van der Waals surface area contributed by atoms with Gasteiger partial charge in [-0.15, -0.1) is 0 Å². The van der Waals surface area contributed by atoms with Crippen molar-refractivity contribution < 1.29 is 10.0 Å². The molecule has 7 heteroatoms. The first kappa shape index (κ1) is 17.5. The Morgan fingerprint density at radius 3 is 2.50 bits per heavy atom. The van der Waals surface area contributed by atoms with Crippen LogP contribution in [0.15, 0.2) is 47.3 Å². The Labute approximate surface area is 149 Å². The minimum Gasteiger partial charge on any atom is -0.503 e. The summed E-state index contributed by atoms with van der Waals surface area (Å²) in [5, 5.41) is 22.2. The Morgan fingerprint density at radius 1 is 1.15 bits per heavy atom. The number of nitro benzene ring substituents is 1. The molecule has 0 aliphatic rings. The van der Waals surface area contributed by atoms with Gasteiger partial charge in [0.25, 0.3) is 5.69 Å². The molecule has 0 radical (unpaired) electrons. The highest BCUT2D eigenvalue weighted by Crippen LogP contribution is 2.35. The molecule has 0 atom stereocenters. The van der Waals surface area contributed by atoms with Gasteiger partial charge in [-0.05, 0) is 32.0 Å². The summed E-state index contributed by atoms with van der Waals surface area (Å²) in [5.41, 5.74) is 1.03. The van der Waals surface area contributed by atoms with Crippen molar-refractivity contribution >= 4 is 22.3 Å². The van der Waals surface area contributed by atoms with Gasteiger partial charge >= 0.3 is 0 Å². The van der Waals surface area contributed by atoms with Crippen LogP contribution in [0.4, 0.5) is 11.4 Å². The number of hydrogen-bond donors (Lipinski definition) is 2. The van der Waals surface area contributed by atoms with Crippen molar-refractivity contribution in [2.75, 3.05) is 18.0 Å². The average molecular weight is 353 g/mol. The predicted molar refractivity (Wildman–Crippen MR) is 102 cm³/mol. The van der Waals surface area contributed by atoms with Crippen molar-refractivity contribution in [3.8, 4) is 17.0 Å². The molecule has 0 spiro atoms. The molecule has 2 N–H and O–H groups in total. The Balaban J connectivity index is 2.23. The summed E-state index contributed by atoms with van der Waals surface area (Å²) in [6.07, 6.45) is 0. The Bertz CT molecular complexity index is 1040.